The highest BCUT2D eigenvalue weighted by Gasteiger charge is 2.17. The van der Waals surface area contributed by atoms with E-state index in [1.165, 1.54) is 11.9 Å². The number of nitrogens with zero attached hydrogens (tertiary/aromatic N) is 4. The van der Waals surface area contributed by atoms with Crippen molar-refractivity contribution in [3.8, 4) is 5.69 Å². The molecule has 2 aromatic heterocycles. The minimum atomic E-state index is -0.0984. The molecule has 1 unspecified atom stereocenters. The van der Waals surface area contributed by atoms with Gasteiger partial charge in [-0.2, -0.15) is 5.10 Å². The third-order valence-corrected chi connectivity index (χ3v) is 4.81. The van der Waals surface area contributed by atoms with E-state index in [4.69, 9.17) is 0 Å². The molecule has 29 heavy (non-hydrogen) atoms. The van der Waals surface area contributed by atoms with Gasteiger partial charge in [0.1, 0.15) is 12.7 Å². The van der Waals surface area contributed by atoms with Gasteiger partial charge in [-0.15, -0.1) is 0 Å². The number of H-pyrrole nitrogens is 1. The number of nitrogens with one attached hydrogen (secondary N) is 2. The lowest BCUT2D eigenvalue weighted by Gasteiger charge is -2.19. The van der Waals surface area contributed by atoms with Gasteiger partial charge >= 0.3 is 0 Å². The number of hydrogen-bond donors (Lipinski definition) is 2. The normalized spacial score (nSPS) is 11.9. The van der Waals surface area contributed by atoms with Crippen molar-refractivity contribution in [2.24, 2.45) is 0 Å². The van der Waals surface area contributed by atoms with Crippen LogP contribution in [0, 0.1) is 6.92 Å². The van der Waals surface area contributed by atoms with Crippen molar-refractivity contribution < 1.29 is 4.79 Å². The van der Waals surface area contributed by atoms with Gasteiger partial charge in [-0.25, -0.2) is 14.6 Å². The number of carbonyl (C=O) groups excluding carboxylic acids is 1. The van der Waals surface area contributed by atoms with E-state index < -0.39 is 0 Å². The molecule has 0 aliphatic rings. The van der Waals surface area contributed by atoms with Crippen LogP contribution in [-0.2, 0) is 12.8 Å². The number of amides is 1. The van der Waals surface area contributed by atoms with Gasteiger partial charge in [-0.3, -0.25) is 4.79 Å². The standard InChI is InChI=1S/C22H22N6O/c1-16-9-18(7-8-21(16)28-15-24-14-26-28)22(29)27-19(11-20-12-23-13-25-20)10-17-5-3-2-4-6-17/h2-9,12-15,19H,10-11H2,1H3,(H,23,25)(H,27,29). The zero-order valence-corrected chi connectivity index (χ0v) is 16.1. The molecule has 0 aliphatic carbocycles. The van der Waals surface area contributed by atoms with Crippen molar-refractivity contribution in [1.29, 1.82) is 0 Å². The molecule has 0 bridgehead atoms. The van der Waals surface area contributed by atoms with E-state index >= 15 is 0 Å². The lowest BCUT2D eigenvalue weighted by Crippen LogP contribution is -2.38. The molecule has 0 spiro atoms. The lowest BCUT2D eigenvalue weighted by atomic mass is 10.0. The minimum Gasteiger partial charge on any atom is -0.349 e. The molecule has 7 heteroatoms. The molecule has 7 nitrogen and oxygen atoms in total. The fraction of sp³-hybridized carbons (Fsp3) is 0.182. The molecule has 1 amide bonds. The second-order valence-corrected chi connectivity index (χ2v) is 6.98. The van der Waals surface area contributed by atoms with Gasteiger partial charge in [0.25, 0.3) is 5.91 Å². The van der Waals surface area contributed by atoms with Crippen LogP contribution >= 0.6 is 0 Å². The first-order valence-corrected chi connectivity index (χ1v) is 9.47. The molecular formula is C22H22N6O. The Morgan fingerprint density at radius 2 is 2.00 bits per heavy atom. The first kappa shape index (κ1) is 18.6. The number of benzene rings is 2. The van der Waals surface area contributed by atoms with Crippen LogP contribution in [0.2, 0.25) is 0 Å². The monoisotopic (exact) mass is 386 g/mol. The summed E-state index contributed by atoms with van der Waals surface area (Å²) in [6, 6.07) is 15.7. The highest BCUT2D eigenvalue weighted by atomic mass is 16.1. The quantitative estimate of drug-likeness (QED) is 0.511. The third-order valence-electron chi connectivity index (χ3n) is 4.81. The van der Waals surface area contributed by atoms with E-state index in [1.807, 2.05) is 43.3 Å². The summed E-state index contributed by atoms with van der Waals surface area (Å²) in [6.07, 6.45) is 7.99. The topological polar surface area (TPSA) is 88.5 Å². The summed E-state index contributed by atoms with van der Waals surface area (Å²) < 4.78 is 1.69. The SMILES string of the molecule is Cc1cc(C(=O)NC(Cc2ccccc2)Cc2cnc[nH]2)ccc1-n1cncn1. The number of aromatic nitrogens is 5. The number of aryl methyl sites for hydroxylation is 1. The van der Waals surface area contributed by atoms with Gasteiger partial charge in [-0.1, -0.05) is 30.3 Å². The number of aromatic amines is 1. The molecule has 0 saturated heterocycles. The smallest absolute Gasteiger partial charge is 0.251 e. The molecule has 1 atom stereocenters. The summed E-state index contributed by atoms with van der Waals surface area (Å²) in [5.41, 5.74) is 4.64. The van der Waals surface area contributed by atoms with Crippen molar-refractivity contribution >= 4 is 5.91 Å². The summed E-state index contributed by atoms with van der Waals surface area (Å²) in [6.45, 7) is 1.96. The van der Waals surface area contributed by atoms with Crippen molar-refractivity contribution in [1.82, 2.24) is 30.0 Å². The Balaban J connectivity index is 1.51. The van der Waals surface area contributed by atoms with Crippen LogP contribution in [0.3, 0.4) is 0 Å². The third kappa shape index (κ3) is 4.57. The summed E-state index contributed by atoms with van der Waals surface area (Å²) in [7, 11) is 0. The van der Waals surface area contributed by atoms with Crippen molar-refractivity contribution in [3.63, 3.8) is 0 Å². The Hall–Kier alpha value is -3.74. The molecule has 0 fully saturated rings. The predicted octanol–water partition coefficient (Wildman–Crippen LogP) is 2.88. The van der Waals surface area contributed by atoms with Crippen molar-refractivity contribution in [2.75, 3.05) is 0 Å². The number of hydrogen-bond acceptors (Lipinski definition) is 4. The van der Waals surface area contributed by atoms with Crippen LogP contribution in [-0.4, -0.2) is 36.7 Å². The fourth-order valence-electron chi connectivity index (χ4n) is 3.39. The molecule has 4 rings (SSSR count). The molecular weight excluding hydrogens is 364 g/mol. The van der Waals surface area contributed by atoms with Crippen LogP contribution in [0.4, 0.5) is 0 Å². The maximum Gasteiger partial charge on any atom is 0.251 e. The second kappa shape index (κ2) is 8.52. The average Bonchev–Trinajstić information content (AvgIpc) is 3.43. The summed E-state index contributed by atoms with van der Waals surface area (Å²) in [4.78, 5) is 24.1. The Morgan fingerprint density at radius 3 is 2.69 bits per heavy atom. The van der Waals surface area contributed by atoms with Crippen molar-refractivity contribution in [2.45, 2.75) is 25.8 Å². The van der Waals surface area contributed by atoms with Crippen LogP contribution < -0.4 is 5.32 Å². The minimum absolute atomic E-state index is 0.0550. The van der Waals surface area contributed by atoms with Gasteiger partial charge in [0, 0.05) is 29.9 Å². The van der Waals surface area contributed by atoms with Crippen LogP contribution in [0.15, 0.2) is 73.7 Å². The highest BCUT2D eigenvalue weighted by Crippen LogP contribution is 2.15. The van der Waals surface area contributed by atoms with E-state index in [-0.39, 0.29) is 11.9 Å². The van der Waals surface area contributed by atoms with Gasteiger partial charge in [-0.05, 0) is 42.7 Å². The van der Waals surface area contributed by atoms with E-state index in [1.54, 1.807) is 23.5 Å². The first-order chi connectivity index (χ1) is 14.2. The predicted molar refractivity (Wildman–Crippen MR) is 110 cm³/mol. The Morgan fingerprint density at radius 1 is 1.14 bits per heavy atom. The first-order valence-electron chi connectivity index (χ1n) is 9.47. The molecule has 2 heterocycles. The van der Waals surface area contributed by atoms with E-state index in [0.29, 0.717) is 12.0 Å². The van der Waals surface area contributed by atoms with Crippen LogP contribution in [0.5, 0.6) is 0 Å². The van der Waals surface area contributed by atoms with Crippen molar-refractivity contribution in [3.05, 3.63) is 96.1 Å². The number of rotatable bonds is 7. The number of imidazole rings is 1. The van der Waals surface area contributed by atoms with E-state index in [2.05, 4.69) is 37.5 Å². The van der Waals surface area contributed by atoms with Gasteiger partial charge < -0.3 is 10.3 Å². The van der Waals surface area contributed by atoms with E-state index in [0.717, 1.165) is 23.4 Å². The summed E-state index contributed by atoms with van der Waals surface area (Å²) >= 11 is 0. The maximum atomic E-state index is 13.0. The Labute approximate surface area is 168 Å². The van der Waals surface area contributed by atoms with Gasteiger partial charge in [0.15, 0.2) is 0 Å². The number of carbonyl (C=O) groups is 1. The molecule has 0 radical (unpaired) electrons. The highest BCUT2D eigenvalue weighted by molar-refractivity contribution is 5.94. The molecule has 4 aromatic rings. The van der Waals surface area contributed by atoms with E-state index in [9.17, 15) is 4.79 Å². The Bertz CT molecular complexity index is 1060. The van der Waals surface area contributed by atoms with Gasteiger partial charge in [0.2, 0.25) is 0 Å². The lowest BCUT2D eigenvalue weighted by molar-refractivity contribution is 0.0936. The molecule has 146 valence electrons. The average molecular weight is 386 g/mol. The zero-order chi connectivity index (χ0) is 20.1. The second-order valence-electron chi connectivity index (χ2n) is 6.98. The molecule has 2 N–H and O–H groups in total. The van der Waals surface area contributed by atoms with Crippen LogP contribution in [0.1, 0.15) is 27.2 Å². The van der Waals surface area contributed by atoms with Gasteiger partial charge in [0.05, 0.1) is 12.0 Å². The fourth-order valence-corrected chi connectivity index (χ4v) is 3.39. The van der Waals surface area contributed by atoms with Crippen LogP contribution in [0.25, 0.3) is 5.69 Å². The molecule has 2 aromatic carbocycles. The maximum absolute atomic E-state index is 13.0. The zero-order valence-electron chi connectivity index (χ0n) is 16.1. The summed E-state index contributed by atoms with van der Waals surface area (Å²) in [5.74, 6) is -0.0984. The largest absolute Gasteiger partial charge is 0.349 e. The molecule has 0 saturated carbocycles. The molecule has 0 aliphatic heterocycles. The Kier molecular flexibility index (Phi) is 5.47. The summed E-state index contributed by atoms with van der Waals surface area (Å²) in [5, 5.41) is 7.33.